The summed E-state index contributed by atoms with van der Waals surface area (Å²) in [5.41, 5.74) is 1.47. The Morgan fingerprint density at radius 3 is 2.75 bits per heavy atom. The number of hydrogen-bond donors (Lipinski definition) is 0. The molecule has 0 aliphatic carbocycles. The summed E-state index contributed by atoms with van der Waals surface area (Å²) < 4.78 is 4.50. The Bertz CT molecular complexity index is 414. The number of ether oxygens (including phenoxy) is 1. The molecule has 16 heavy (non-hydrogen) atoms. The first-order valence-electron chi connectivity index (χ1n) is 4.86. The molecule has 0 saturated carbocycles. The lowest BCUT2D eigenvalue weighted by Crippen LogP contribution is -2.05. The maximum Gasteiger partial charge on any atom is 0.305 e. The minimum atomic E-state index is -0.431. The predicted molar refractivity (Wildman–Crippen MR) is 58.2 cm³/mol. The summed E-state index contributed by atoms with van der Waals surface area (Å²) in [4.78, 5) is 21.3. The average Bonchev–Trinajstić information content (AvgIpc) is 2.26. The van der Waals surface area contributed by atoms with Crippen molar-refractivity contribution in [2.45, 2.75) is 19.8 Å². The highest BCUT2D eigenvalue weighted by molar-refractivity contribution is 5.69. The van der Waals surface area contributed by atoms with Crippen LogP contribution in [-0.4, -0.2) is 18.0 Å². The maximum absolute atomic E-state index is 11.0. The number of benzene rings is 1. The highest BCUT2D eigenvalue weighted by Gasteiger charge is 2.16. The molecular weight excluding hydrogens is 210 g/mol. The van der Waals surface area contributed by atoms with Gasteiger partial charge in [0.25, 0.3) is 5.69 Å². The number of nitro groups is 1. The zero-order valence-corrected chi connectivity index (χ0v) is 9.23. The van der Waals surface area contributed by atoms with Crippen molar-refractivity contribution >= 4 is 11.7 Å². The van der Waals surface area contributed by atoms with E-state index in [0.717, 1.165) is 5.56 Å². The third-order valence-corrected chi connectivity index (χ3v) is 2.39. The zero-order chi connectivity index (χ0) is 12.1. The smallest absolute Gasteiger partial charge is 0.305 e. The molecule has 0 unspecified atom stereocenters. The van der Waals surface area contributed by atoms with Gasteiger partial charge < -0.3 is 4.74 Å². The van der Waals surface area contributed by atoms with E-state index in [1.54, 1.807) is 19.1 Å². The van der Waals surface area contributed by atoms with Crippen molar-refractivity contribution in [1.82, 2.24) is 0 Å². The molecule has 0 aliphatic rings. The van der Waals surface area contributed by atoms with Gasteiger partial charge in [0.05, 0.1) is 12.0 Å². The molecule has 0 atom stereocenters. The number of rotatable bonds is 4. The lowest BCUT2D eigenvalue weighted by Gasteiger charge is -2.05. The SMILES string of the molecule is COC(=O)CCc1c(C)cccc1[N+](=O)[O-]. The van der Waals surface area contributed by atoms with Crippen LogP contribution >= 0.6 is 0 Å². The zero-order valence-electron chi connectivity index (χ0n) is 9.23. The van der Waals surface area contributed by atoms with E-state index in [-0.39, 0.29) is 18.1 Å². The fourth-order valence-electron chi connectivity index (χ4n) is 1.51. The molecule has 1 rings (SSSR count). The molecule has 0 spiro atoms. The van der Waals surface area contributed by atoms with E-state index in [2.05, 4.69) is 4.74 Å². The van der Waals surface area contributed by atoms with Crippen LogP contribution in [0.1, 0.15) is 17.5 Å². The van der Waals surface area contributed by atoms with Crippen LogP contribution in [0.2, 0.25) is 0 Å². The Labute approximate surface area is 93.2 Å². The second-order valence-corrected chi connectivity index (χ2v) is 3.41. The first kappa shape index (κ1) is 12.2. The van der Waals surface area contributed by atoms with Gasteiger partial charge in [0.15, 0.2) is 0 Å². The molecule has 0 amide bonds. The Morgan fingerprint density at radius 2 is 2.19 bits per heavy atom. The number of esters is 1. The van der Waals surface area contributed by atoms with Crippen LogP contribution in [0.15, 0.2) is 18.2 Å². The van der Waals surface area contributed by atoms with Crippen LogP contribution < -0.4 is 0 Å². The van der Waals surface area contributed by atoms with Crippen molar-refractivity contribution in [3.63, 3.8) is 0 Å². The minimum absolute atomic E-state index is 0.0592. The molecule has 1 aromatic rings. The highest BCUT2D eigenvalue weighted by atomic mass is 16.6. The molecular formula is C11H13NO4. The normalized spacial score (nSPS) is 9.88. The molecule has 5 heteroatoms. The van der Waals surface area contributed by atoms with Gasteiger partial charge in [-0.3, -0.25) is 14.9 Å². The fourth-order valence-corrected chi connectivity index (χ4v) is 1.51. The van der Waals surface area contributed by atoms with Crippen LogP contribution in [0.3, 0.4) is 0 Å². The summed E-state index contributed by atoms with van der Waals surface area (Å²) in [5, 5.41) is 10.8. The van der Waals surface area contributed by atoms with Crippen molar-refractivity contribution in [2.24, 2.45) is 0 Å². The van der Waals surface area contributed by atoms with Gasteiger partial charge >= 0.3 is 5.97 Å². The number of hydrogen-bond acceptors (Lipinski definition) is 4. The summed E-state index contributed by atoms with van der Waals surface area (Å²) in [7, 11) is 1.30. The van der Waals surface area contributed by atoms with Gasteiger partial charge in [-0.1, -0.05) is 12.1 Å². The molecule has 86 valence electrons. The van der Waals surface area contributed by atoms with Crippen LogP contribution in [-0.2, 0) is 16.0 Å². The van der Waals surface area contributed by atoms with Gasteiger partial charge in [-0.25, -0.2) is 0 Å². The van der Waals surface area contributed by atoms with E-state index in [0.29, 0.717) is 12.0 Å². The quantitative estimate of drug-likeness (QED) is 0.444. The standard InChI is InChI=1S/C11H13NO4/c1-8-4-3-5-10(12(14)15)9(8)6-7-11(13)16-2/h3-5H,6-7H2,1-2H3. The molecule has 1 aromatic carbocycles. The number of nitrogens with zero attached hydrogens (tertiary/aromatic N) is 1. The molecule has 0 radical (unpaired) electrons. The summed E-state index contributed by atoms with van der Waals surface area (Å²) in [6.07, 6.45) is 0.484. The van der Waals surface area contributed by atoms with Gasteiger partial charge in [0.2, 0.25) is 0 Å². The molecule has 0 N–H and O–H groups in total. The third-order valence-electron chi connectivity index (χ3n) is 2.39. The number of aryl methyl sites for hydroxylation is 1. The number of carbonyl (C=O) groups excluding carboxylic acids is 1. The highest BCUT2D eigenvalue weighted by Crippen LogP contribution is 2.23. The first-order valence-corrected chi connectivity index (χ1v) is 4.86. The van der Waals surface area contributed by atoms with E-state index in [1.165, 1.54) is 13.2 Å². The third kappa shape index (κ3) is 2.79. The predicted octanol–water partition coefficient (Wildman–Crippen LogP) is 2.01. The van der Waals surface area contributed by atoms with Gasteiger partial charge in [-0.05, 0) is 18.9 Å². The van der Waals surface area contributed by atoms with Crippen molar-refractivity contribution in [3.8, 4) is 0 Å². The van der Waals surface area contributed by atoms with Gasteiger partial charge in [0.1, 0.15) is 0 Å². The van der Waals surface area contributed by atoms with Crippen LogP contribution in [0.25, 0.3) is 0 Å². The Morgan fingerprint density at radius 1 is 1.50 bits per heavy atom. The molecule has 5 nitrogen and oxygen atoms in total. The monoisotopic (exact) mass is 223 g/mol. The van der Waals surface area contributed by atoms with E-state index in [9.17, 15) is 14.9 Å². The average molecular weight is 223 g/mol. The maximum atomic E-state index is 11.0. The number of methoxy groups -OCH3 is 1. The second kappa shape index (κ2) is 5.25. The minimum Gasteiger partial charge on any atom is -0.469 e. The van der Waals surface area contributed by atoms with Crippen molar-refractivity contribution < 1.29 is 14.5 Å². The van der Waals surface area contributed by atoms with Crippen molar-refractivity contribution in [2.75, 3.05) is 7.11 Å². The topological polar surface area (TPSA) is 69.4 Å². The van der Waals surface area contributed by atoms with Crippen LogP contribution in [0.5, 0.6) is 0 Å². The Balaban J connectivity index is 2.93. The van der Waals surface area contributed by atoms with E-state index in [4.69, 9.17) is 0 Å². The lowest BCUT2D eigenvalue weighted by molar-refractivity contribution is -0.385. The summed E-state index contributed by atoms with van der Waals surface area (Å²) in [5.74, 6) is -0.363. The van der Waals surface area contributed by atoms with Crippen molar-refractivity contribution in [3.05, 3.63) is 39.4 Å². The van der Waals surface area contributed by atoms with Crippen LogP contribution in [0.4, 0.5) is 5.69 Å². The van der Waals surface area contributed by atoms with E-state index < -0.39 is 4.92 Å². The van der Waals surface area contributed by atoms with Gasteiger partial charge in [0, 0.05) is 18.1 Å². The fraction of sp³-hybridized carbons (Fsp3) is 0.364. The van der Waals surface area contributed by atoms with E-state index >= 15 is 0 Å². The molecule has 0 aliphatic heterocycles. The molecule has 0 saturated heterocycles. The molecule has 0 fully saturated rings. The Hall–Kier alpha value is -1.91. The first-order chi connectivity index (χ1) is 7.56. The Kier molecular flexibility index (Phi) is 3.99. The van der Waals surface area contributed by atoms with Gasteiger partial charge in [-0.2, -0.15) is 0 Å². The molecule has 0 bridgehead atoms. The van der Waals surface area contributed by atoms with Crippen LogP contribution in [0, 0.1) is 17.0 Å². The number of nitro benzene ring substituents is 1. The van der Waals surface area contributed by atoms with E-state index in [1.807, 2.05) is 0 Å². The van der Waals surface area contributed by atoms with Gasteiger partial charge in [-0.15, -0.1) is 0 Å². The second-order valence-electron chi connectivity index (χ2n) is 3.41. The summed E-state index contributed by atoms with van der Waals surface area (Å²) >= 11 is 0. The lowest BCUT2D eigenvalue weighted by atomic mass is 10.0. The number of carbonyl (C=O) groups is 1. The summed E-state index contributed by atoms with van der Waals surface area (Å²) in [6, 6.07) is 4.87. The largest absolute Gasteiger partial charge is 0.469 e. The van der Waals surface area contributed by atoms with Crippen molar-refractivity contribution in [1.29, 1.82) is 0 Å². The molecule has 0 heterocycles. The molecule has 0 aromatic heterocycles. The summed E-state index contributed by atoms with van der Waals surface area (Å²) in [6.45, 7) is 1.79.